The summed E-state index contributed by atoms with van der Waals surface area (Å²) in [7, 11) is 0. The quantitative estimate of drug-likeness (QED) is 0.561. The number of nitrogens with one attached hydrogen (secondary N) is 1. The maximum Gasteiger partial charge on any atom is 0.0587 e. The molecule has 0 fully saturated rings. The Morgan fingerprint density at radius 1 is 1.60 bits per heavy atom. The fraction of sp³-hybridized carbons (Fsp3) is 0.750. The molecule has 2 nitrogen and oxygen atoms in total. The monoisotopic (exact) mass is 143 g/mol. The molecule has 1 atom stereocenters. The Balaban J connectivity index is 3.48. The highest BCUT2D eigenvalue weighted by Crippen LogP contribution is 1.92. The van der Waals surface area contributed by atoms with Gasteiger partial charge in [0.15, 0.2) is 0 Å². The number of aliphatic hydroxyl groups is 1. The molecule has 0 aliphatic carbocycles. The zero-order chi connectivity index (χ0) is 7.98. The molecular weight excluding hydrogens is 126 g/mol. The van der Waals surface area contributed by atoms with Gasteiger partial charge in [-0.05, 0) is 6.42 Å². The first-order valence-electron chi connectivity index (χ1n) is 3.68. The second-order valence-corrected chi connectivity index (χ2v) is 2.73. The van der Waals surface area contributed by atoms with Gasteiger partial charge in [-0.3, -0.25) is 0 Å². The van der Waals surface area contributed by atoms with Crippen LogP contribution in [0.4, 0.5) is 0 Å². The summed E-state index contributed by atoms with van der Waals surface area (Å²) < 4.78 is 0. The fourth-order valence-electron chi connectivity index (χ4n) is 0.868. The summed E-state index contributed by atoms with van der Waals surface area (Å²) in [5.74, 6) is 0. The lowest BCUT2D eigenvalue weighted by molar-refractivity contribution is 0.236. The SMILES string of the molecule is C=CCC(CO)NC(C)C. The van der Waals surface area contributed by atoms with Gasteiger partial charge in [-0.25, -0.2) is 0 Å². The Hall–Kier alpha value is -0.340. The Morgan fingerprint density at radius 2 is 2.20 bits per heavy atom. The van der Waals surface area contributed by atoms with Crippen molar-refractivity contribution in [1.82, 2.24) is 5.32 Å². The Kier molecular flexibility index (Phi) is 5.26. The molecule has 0 aromatic rings. The maximum absolute atomic E-state index is 8.80. The van der Waals surface area contributed by atoms with E-state index < -0.39 is 0 Å². The van der Waals surface area contributed by atoms with Crippen LogP contribution >= 0.6 is 0 Å². The van der Waals surface area contributed by atoms with Crippen molar-refractivity contribution in [2.45, 2.75) is 32.4 Å². The highest BCUT2D eigenvalue weighted by atomic mass is 16.3. The van der Waals surface area contributed by atoms with E-state index in [9.17, 15) is 0 Å². The van der Waals surface area contributed by atoms with Crippen LogP contribution in [0.25, 0.3) is 0 Å². The van der Waals surface area contributed by atoms with Crippen molar-refractivity contribution in [3.63, 3.8) is 0 Å². The number of hydrogen-bond acceptors (Lipinski definition) is 2. The average molecular weight is 143 g/mol. The first kappa shape index (κ1) is 9.66. The first-order valence-corrected chi connectivity index (χ1v) is 3.68. The van der Waals surface area contributed by atoms with E-state index in [-0.39, 0.29) is 12.6 Å². The van der Waals surface area contributed by atoms with Crippen molar-refractivity contribution in [2.75, 3.05) is 6.61 Å². The molecule has 1 unspecified atom stereocenters. The van der Waals surface area contributed by atoms with Gasteiger partial charge >= 0.3 is 0 Å². The van der Waals surface area contributed by atoms with Crippen LogP contribution in [0.3, 0.4) is 0 Å². The van der Waals surface area contributed by atoms with Crippen LogP contribution in [-0.4, -0.2) is 23.8 Å². The lowest BCUT2D eigenvalue weighted by Gasteiger charge is -2.16. The van der Waals surface area contributed by atoms with Gasteiger partial charge in [0.05, 0.1) is 6.61 Å². The molecule has 0 bridgehead atoms. The standard InChI is InChI=1S/C8H17NO/c1-4-5-8(6-10)9-7(2)3/h4,7-10H,1,5-6H2,2-3H3. The zero-order valence-electron chi connectivity index (χ0n) is 6.80. The van der Waals surface area contributed by atoms with Gasteiger partial charge < -0.3 is 10.4 Å². The highest BCUT2D eigenvalue weighted by molar-refractivity contribution is 4.78. The van der Waals surface area contributed by atoms with E-state index in [4.69, 9.17) is 5.11 Å². The predicted molar refractivity (Wildman–Crippen MR) is 44.0 cm³/mol. The summed E-state index contributed by atoms with van der Waals surface area (Å²) >= 11 is 0. The third kappa shape index (κ3) is 4.53. The molecule has 2 heteroatoms. The minimum Gasteiger partial charge on any atom is -0.395 e. The predicted octanol–water partition coefficient (Wildman–Crippen LogP) is 0.921. The Labute approximate surface area is 62.9 Å². The van der Waals surface area contributed by atoms with Gasteiger partial charge in [0.2, 0.25) is 0 Å². The molecule has 2 N–H and O–H groups in total. The van der Waals surface area contributed by atoms with Crippen LogP contribution in [0.1, 0.15) is 20.3 Å². The second-order valence-electron chi connectivity index (χ2n) is 2.73. The Morgan fingerprint density at radius 3 is 2.50 bits per heavy atom. The van der Waals surface area contributed by atoms with E-state index in [0.29, 0.717) is 6.04 Å². The van der Waals surface area contributed by atoms with E-state index in [0.717, 1.165) is 6.42 Å². The molecule has 0 aromatic carbocycles. The molecule has 0 heterocycles. The van der Waals surface area contributed by atoms with E-state index in [2.05, 4.69) is 25.7 Å². The van der Waals surface area contributed by atoms with Gasteiger partial charge in [0, 0.05) is 12.1 Å². The average Bonchev–Trinajstić information content (AvgIpc) is 1.86. The summed E-state index contributed by atoms with van der Waals surface area (Å²) in [5.41, 5.74) is 0. The summed E-state index contributed by atoms with van der Waals surface area (Å²) in [4.78, 5) is 0. The third-order valence-corrected chi connectivity index (χ3v) is 1.24. The molecule has 0 aliphatic heterocycles. The van der Waals surface area contributed by atoms with Crippen LogP contribution in [-0.2, 0) is 0 Å². The van der Waals surface area contributed by atoms with E-state index >= 15 is 0 Å². The van der Waals surface area contributed by atoms with Crippen molar-refractivity contribution in [2.24, 2.45) is 0 Å². The maximum atomic E-state index is 8.80. The Bertz CT molecular complexity index is 91.3. The smallest absolute Gasteiger partial charge is 0.0587 e. The van der Waals surface area contributed by atoms with Crippen molar-refractivity contribution in [1.29, 1.82) is 0 Å². The van der Waals surface area contributed by atoms with Gasteiger partial charge in [-0.15, -0.1) is 6.58 Å². The number of rotatable bonds is 5. The van der Waals surface area contributed by atoms with E-state index in [1.165, 1.54) is 0 Å². The minimum absolute atomic E-state index is 0.178. The summed E-state index contributed by atoms with van der Waals surface area (Å²) in [6, 6.07) is 0.606. The molecule has 0 saturated heterocycles. The van der Waals surface area contributed by atoms with Crippen LogP contribution in [0.15, 0.2) is 12.7 Å². The van der Waals surface area contributed by atoms with Gasteiger partial charge in [0.1, 0.15) is 0 Å². The minimum atomic E-state index is 0.178. The van der Waals surface area contributed by atoms with Gasteiger partial charge in [-0.2, -0.15) is 0 Å². The fourth-order valence-corrected chi connectivity index (χ4v) is 0.868. The van der Waals surface area contributed by atoms with Gasteiger partial charge in [-0.1, -0.05) is 19.9 Å². The second kappa shape index (κ2) is 5.45. The van der Waals surface area contributed by atoms with Crippen LogP contribution in [0, 0.1) is 0 Å². The molecule has 10 heavy (non-hydrogen) atoms. The molecule has 0 rings (SSSR count). The van der Waals surface area contributed by atoms with Crippen molar-refractivity contribution in [3.05, 3.63) is 12.7 Å². The normalized spacial score (nSPS) is 13.6. The molecule has 0 spiro atoms. The van der Waals surface area contributed by atoms with Crippen molar-refractivity contribution in [3.8, 4) is 0 Å². The highest BCUT2D eigenvalue weighted by Gasteiger charge is 2.04. The number of hydrogen-bond donors (Lipinski definition) is 2. The lowest BCUT2D eigenvalue weighted by atomic mass is 10.2. The van der Waals surface area contributed by atoms with Crippen molar-refractivity contribution >= 4 is 0 Å². The van der Waals surface area contributed by atoms with Gasteiger partial charge in [0.25, 0.3) is 0 Å². The third-order valence-electron chi connectivity index (χ3n) is 1.24. The molecular formula is C8H17NO. The lowest BCUT2D eigenvalue weighted by Crippen LogP contribution is -2.36. The number of aliphatic hydroxyl groups excluding tert-OH is 1. The first-order chi connectivity index (χ1) is 4.70. The molecule has 0 aliphatic rings. The van der Waals surface area contributed by atoms with Crippen LogP contribution < -0.4 is 5.32 Å². The molecule has 0 aromatic heterocycles. The molecule has 60 valence electrons. The molecule has 0 saturated carbocycles. The topological polar surface area (TPSA) is 32.3 Å². The summed E-state index contributed by atoms with van der Waals surface area (Å²) in [6.07, 6.45) is 2.64. The van der Waals surface area contributed by atoms with Crippen LogP contribution in [0.2, 0.25) is 0 Å². The summed E-state index contributed by atoms with van der Waals surface area (Å²) in [6.45, 7) is 7.91. The summed E-state index contributed by atoms with van der Waals surface area (Å²) in [5, 5.41) is 12.0. The van der Waals surface area contributed by atoms with Crippen LogP contribution in [0.5, 0.6) is 0 Å². The molecule has 0 radical (unpaired) electrons. The van der Waals surface area contributed by atoms with E-state index in [1.807, 2.05) is 6.08 Å². The largest absolute Gasteiger partial charge is 0.395 e. The van der Waals surface area contributed by atoms with Crippen molar-refractivity contribution < 1.29 is 5.11 Å². The van der Waals surface area contributed by atoms with E-state index in [1.54, 1.807) is 0 Å². The zero-order valence-corrected chi connectivity index (χ0v) is 6.80. The molecule has 0 amide bonds.